The highest BCUT2D eigenvalue weighted by molar-refractivity contribution is 5.80. The third-order valence-corrected chi connectivity index (χ3v) is 8.09. The molecule has 29 heavy (non-hydrogen) atoms. The van der Waals surface area contributed by atoms with Gasteiger partial charge in [0, 0.05) is 37.1 Å². The number of guanidine groups is 1. The van der Waals surface area contributed by atoms with E-state index in [1.807, 2.05) is 18.5 Å². The summed E-state index contributed by atoms with van der Waals surface area (Å²) >= 11 is 0. The van der Waals surface area contributed by atoms with Crippen molar-refractivity contribution in [2.45, 2.75) is 95.9 Å². The van der Waals surface area contributed by atoms with Crippen LogP contribution >= 0.6 is 0 Å². The Morgan fingerprint density at radius 3 is 2.62 bits per heavy atom. The van der Waals surface area contributed by atoms with Crippen molar-refractivity contribution in [1.29, 1.82) is 0 Å². The van der Waals surface area contributed by atoms with Gasteiger partial charge >= 0.3 is 0 Å². The van der Waals surface area contributed by atoms with Crippen LogP contribution in [0.3, 0.4) is 0 Å². The van der Waals surface area contributed by atoms with E-state index in [2.05, 4.69) is 20.8 Å². The molecule has 3 unspecified atom stereocenters. The van der Waals surface area contributed by atoms with Crippen molar-refractivity contribution in [3.05, 3.63) is 11.6 Å². The monoisotopic (exact) mass is 400 g/mol. The van der Waals surface area contributed by atoms with Crippen LogP contribution in [0.25, 0.3) is 0 Å². The minimum Gasteiger partial charge on any atom is -0.377 e. The fourth-order valence-corrected chi connectivity index (χ4v) is 6.36. The molecule has 5 rings (SSSR count). The first kappa shape index (κ1) is 19.3. The van der Waals surface area contributed by atoms with Gasteiger partial charge in [0.15, 0.2) is 11.8 Å². The van der Waals surface area contributed by atoms with Gasteiger partial charge in [-0.25, -0.2) is 4.99 Å². The number of nitrogens with one attached hydrogen (secondary N) is 2. The first-order valence-corrected chi connectivity index (χ1v) is 11.7. The first-order chi connectivity index (χ1) is 14.2. The zero-order chi connectivity index (χ0) is 19.8. The summed E-state index contributed by atoms with van der Waals surface area (Å²) < 4.78 is 8.21. The van der Waals surface area contributed by atoms with Crippen LogP contribution in [0.1, 0.15) is 75.9 Å². The quantitative estimate of drug-likeness (QED) is 0.600. The molecule has 1 aromatic rings. The SMILES string of the molecule is Cc1nnc(CN=C(NC2CCCCC2)NC2C3CCOC3C23CCCC3)n1C. The zero-order valence-electron chi connectivity index (χ0n) is 18.0. The molecular formula is C22H36N6O. The average Bonchev–Trinajstić information content (AvgIpc) is 3.46. The normalized spacial score (nSPS) is 31.7. The second kappa shape index (κ2) is 7.89. The standard InChI is InChI=1S/C22H36N6O/c1-15-26-27-18(28(15)2)14-23-21(24-16-8-4-3-5-9-16)25-19-17-10-13-29-20(17)22(19)11-6-7-12-22/h16-17,19-20H,3-14H2,1-2H3,(H2,23,24,25). The van der Waals surface area contributed by atoms with Crippen LogP contribution in [0.2, 0.25) is 0 Å². The van der Waals surface area contributed by atoms with E-state index in [0.717, 1.165) is 24.2 Å². The Bertz CT molecular complexity index is 746. The highest BCUT2D eigenvalue weighted by Crippen LogP contribution is 2.60. The highest BCUT2D eigenvalue weighted by atomic mass is 16.5. The fraction of sp³-hybridized carbons (Fsp3) is 0.864. The summed E-state index contributed by atoms with van der Waals surface area (Å²) in [5, 5.41) is 16.2. The van der Waals surface area contributed by atoms with Gasteiger partial charge in [0.25, 0.3) is 0 Å². The largest absolute Gasteiger partial charge is 0.377 e. The van der Waals surface area contributed by atoms with Crippen molar-refractivity contribution in [2.24, 2.45) is 23.4 Å². The number of rotatable bonds is 4. The Labute approximate surface area is 174 Å². The lowest BCUT2D eigenvalue weighted by Gasteiger charge is -2.57. The van der Waals surface area contributed by atoms with Gasteiger partial charge in [-0.3, -0.25) is 0 Å². The van der Waals surface area contributed by atoms with Crippen LogP contribution in [0.5, 0.6) is 0 Å². The van der Waals surface area contributed by atoms with Gasteiger partial charge in [0.05, 0.1) is 6.10 Å². The lowest BCUT2D eigenvalue weighted by atomic mass is 9.54. The maximum Gasteiger partial charge on any atom is 0.192 e. The van der Waals surface area contributed by atoms with Gasteiger partial charge in [-0.15, -0.1) is 10.2 Å². The number of fused-ring (bicyclic) bond motifs is 2. The van der Waals surface area contributed by atoms with E-state index in [4.69, 9.17) is 9.73 Å². The van der Waals surface area contributed by atoms with Gasteiger partial charge in [0.2, 0.25) is 0 Å². The van der Waals surface area contributed by atoms with Crippen molar-refractivity contribution in [3.8, 4) is 0 Å². The number of ether oxygens (including phenoxy) is 1. The summed E-state index contributed by atoms with van der Waals surface area (Å²) in [4.78, 5) is 4.98. The smallest absolute Gasteiger partial charge is 0.192 e. The van der Waals surface area contributed by atoms with Gasteiger partial charge in [-0.05, 0) is 39.0 Å². The Kier molecular flexibility index (Phi) is 5.26. The summed E-state index contributed by atoms with van der Waals surface area (Å²) in [6, 6.07) is 1.03. The van der Waals surface area contributed by atoms with E-state index in [9.17, 15) is 0 Å². The Morgan fingerprint density at radius 1 is 1.10 bits per heavy atom. The van der Waals surface area contributed by atoms with Crippen LogP contribution in [-0.4, -0.2) is 45.5 Å². The number of hydrogen-bond acceptors (Lipinski definition) is 4. The van der Waals surface area contributed by atoms with Crippen molar-refractivity contribution in [2.75, 3.05) is 6.61 Å². The molecule has 2 heterocycles. The first-order valence-electron chi connectivity index (χ1n) is 11.7. The maximum atomic E-state index is 6.18. The summed E-state index contributed by atoms with van der Waals surface area (Å²) in [5.74, 6) is 3.46. The van der Waals surface area contributed by atoms with Crippen molar-refractivity contribution >= 4 is 5.96 Å². The van der Waals surface area contributed by atoms with Crippen LogP contribution in [0.4, 0.5) is 0 Å². The van der Waals surface area contributed by atoms with Gasteiger partial charge in [0.1, 0.15) is 12.4 Å². The third kappa shape index (κ3) is 3.45. The van der Waals surface area contributed by atoms with Crippen LogP contribution in [-0.2, 0) is 18.3 Å². The van der Waals surface area contributed by atoms with Crippen molar-refractivity contribution in [1.82, 2.24) is 25.4 Å². The second-order valence-electron chi connectivity index (χ2n) is 9.67. The molecule has 1 aromatic heterocycles. The van der Waals surface area contributed by atoms with Crippen molar-refractivity contribution < 1.29 is 4.74 Å². The minimum atomic E-state index is 0.331. The molecule has 2 N–H and O–H groups in total. The molecule has 0 bridgehead atoms. The molecule has 7 nitrogen and oxygen atoms in total. The summed E-state index contributed by atoms with van der Waals surface area (Å²) in [6.07, 6.45) is 13.4. The highest BCUT2D eigenvalue weighted by Gasteiger charge is 2.65. The fourth-order valence-electron chi connectivity index (χ4n) is 6.36. The molecule has 3 atom stereocenters. The van der Waals surface area contributed by atoms with Crippen molar-refractivity contribution in [3.63, 3.8) is 0 Å². The zero-order valence-corrected chi connectivity index (χ0v) is 18.0. The third-order valence-electron chi connectivity index (χ3n) is 8.09. The van der Waals surface area contributed by atoms with Gasteiger partial charge in [-0.1, -0.05) is 32.1 Å². The minimum absolute atomic E-state index is 0.331. The Hall–Kier alpha value is -1.63. The predicted octanol–water partition coefficient (Wildman–Crippen LogP) is 2.84. The molecule has 7 heteroatoms. The molecule has 0 radical (unpaired) electrons. The number of aromatic nitrogens is 3. The van der Waals surface area contributed by atoms with Gasteiger partial charge in [-0.2, -0.15) is 0 Å². The molecule has 4 aliphatic rings. The summed E-state index contributed by atoms with van der Waals surface area (Å²) in [7, 11) is 2.02. The number of nitrogens with zero attached hydrogens (tertiary/aromatic N) is 4. The molecule has 1 saturated heterocycles. The molecule has 160 valence electrons. The molecule has 3 aliphatic carbocycles. The van der Waals surface area contributed by atoms with E-state index in [-0.39, 0.29) is 0 Å². The number of hydrogen-bond donors (Lipinski definition) is 2. The summed E-state index contributed by atoms with van der Waals surface area (Å²) in [5.41, 5.74) is 0.331. The van der Waals surface area contributed by atoms with E-state index in [1.165, 1.54) is 64.2 Å². The Morgan fingerprint density at radius 2 is 1.90 bits per heavy atom. The van der Waals surface area contributed by atoms with E-state index in [1.54, 1.807) is 0 Å². The average molecular weight is 401 g/mol. The lowest BCUT2D eigenvalue weighted by Crippen LogP contribution is -2.69. The van der Waals surface area contributed by atoms with Crippen LogP contribution in [0.15, 0.2) is 4.99 Å². The molecule has 0 amide bonds. The maximum absolute atomic E-state index is 6.18. The van der Waals surface area contributed by atoms with E-state index < -0.39 is 0 Å². The second-order valence-corrected chi connectivity index (χ2v) is 9.67. The Balaban J connectivity index is 1.34. The van der Waals surface area contributed by atoms with Crippen LogP contribution < -0.4 is 10.6 Å². The van der Waals surface area contributed by atoms with E-state index in [0.29, 0.717) is 36.1 Å². The molecule has 0 aromatic carbocycles. The van der Waals surface area contributed by atoms with Crippen LogP contribution in [0, 0.1) is 18.3 Å². The summed E-state index contributed by atoms with van der Waals surface area (Å²) in [6.45, 7) is 3.47. The predicted molar refractivity (Wildman–Crippen MR) is 113 cm³/mol. The molecular weight excluding hydrogens is 364 g/mol. The number of aryl methyl sites for hydroxylation is 1. The topological polar surface area (TPSA) is 76.4 Å². The molecule has 3 saturated carbocycles. The van der Waals surface area contributed by atoms with Gasteiger partial charge < -0.3 is 19.9 Å². The molecule has 1 spiro atoms. The number of aliphatic imine (C=N–C) groups is 1. The van der Waals surface area contributed by atoms with E-state index >= 15 is 0 Å². The molecule has 1 aliphatic heterocycles. The molecule has 4 fully saturated rings. The lowest BCUT2D eigenvalue weighted by molar-refractivity contribution is -0.125.